The van der Waals surface area contributed by atoms with Gasteiger partial charge in [0.2, 0.25) is 0 Å². The molecule has 0 spiro atoms. The van der Waals surface area contributed by atoms with Gasteiger partial charge in [0.05, 0.1) is 20.6 Å². The molecule has 0 amide bonds. The molecule has 1 aromatic rings. The van der Waals surface area contributed by atoms with Gasteiger partial charge in [-0.05, 0) is 30.5 Å². The summed E-state index contributed by atoms with van der Waals surface area (Å²) in [6, 6.07) is 6.94. The average molecular weight is 433 g/mol. The Balaban J connectivity index is 0.00000225. The van der Waals surface area contributed by atoms with Crippen LogP contribution in [0.25, 0.3) is 0 Å². The molecule has 0 radical (unpaired) electrons. The van der Waals surface area contributed by atoms with Gasteiger partial charge in [-0.25, -0.2) is 4.79 Å². The van der Waals surface area contributed by atoms with Crippen molar-refractivity contribution in [2.24, 2.45) is 5.92 Å². The second kappa shape index (κ2) is 7.95. The minimum Gasteiger partial charge on any atom is -1.00 e. The molecule has 3 rings (SSSR count). The number of likely N-dealkylation sites (N-methyl/N-ethyl adjacent to an activating group) is 1. The highest BCUT2D eigenvalue weighted by atomic mass is 79.9. The molecule has 1 N–H and O–H groups in total. The number of hydrogen-bond acceptors (Lipinski definition) is 3. The van der Waals surface area contributed by atoms with Gasteiger partial charge in [-0.15, -0.1) is 0 Å². The zero-order chi connectivity index (χ0) is 17.4. The van der Waals surface area contributed by atoms with Crippen LogP contribution in [0.3, 0.4) is 0 Å². The molecule has 2 atom stereocenters. The summed E-state index contributed by atoms with van der Waals surface area (Å²) in [5, 5.41) is 12.0. The molecule has 1 aliphatic heterocycles. The van der Waals surface area contributed by atoms with Crippen LogP contribution in [-0.2, 0) is 15.1 Å². The summed E-state index contributed by atoms with van der Waals surface area (Å²) in [4.78, 5) is 13.0. The largest absolute Gasteiger partial charge is 1.00 e. The van der Waals surface area contributed by atoms with Crippen LogP contribution < -0.4 is 17.0 Å². The highest BCUT2D eigenvalue weighted by molar-refractivity contribution is 6.30. The van der Waals surface area contributed by atoms with Crippen molar-refractivity contribution in [1.29, 1.82) is 0 Å². The van der Waals surface area contributed by atoms with Crippen LogP contribution in [0.5, 0.6) is 0 Å². The maximum absolute atomic E-state index is 13.0. The quantitative estimate of drug-likeness (QED) is 0.543. The van der Waals surface area contributed by atoms with Gasteiger partial charge in [0.1, 0.15) is 6.54 Å². The van der Waals surface area contributed by atoms with Crippen molar-refractivity contribution >= 4 is 17.6 Å². The lowest BCUT2D eigenvalue weighted by atomic mass is 9.80. The molecular weight excluding hydrogens is 406 g/mol. The average Bonchev–Trinajstić information content (AvgIpc) is 3.17. The number of carbonyl (C=O) groups is 1. The number of hydrogen-bond donors (Lipinski definition) is 1. The zero-order valence-electron chi connectivity index (χ0n) is 14.9. The van der Waals surface area contributed by atoms with E-state index in [-0.39, 0.29) is 29.0 Å². The Morgan fingerprint density at radius 1 is 1.20 bits per heavy atom. The monoisotopic (exact) mass is 431 g/mol. The predicted molar refractivity (Wildman–Crippen MR) is 93.6 cm³/mol. The highest BCUT2D eigenvalue weighted by Crippen LogP contribution is 2.42. The SMILES string of the molecule is C[N+]1(C)CC[C@@H](OC(=O)[C@@](O)(c2ccc(Cl)cc2)C2CCCC2)C1.[Br-]. The minimum atomic E-state index is -1.57. The van der Waals surface area contributed by atoms with Gasteiger partial charge in [-0.1, -0.05) is 36.6 Å². The van der Waals surface area contributed by atoms with Crippen LogP contribution in [0.1, 0.15) is 37.7 Å². The van der Waals surface area contributed by atoms with E-state index in [0.29, 0.717) is 10.6 Å². The summed E-state index contributed by atoms with van der Waals surface area (Å²) >= 11 is 5.97. The van der Waals surface area contributed by atoms with Crippen molar-refractivity contribution < 1.29 is 36.1 Å². The maximum atomic E-state index is 13.0. The standard InChI is InChI=1S/C19H27ClNO3.BrH/c1-21(2)12-11-17(13-21)24-18(22)19(23,14-5-3-4-6-14)15-7-9-16(20)10-8-15;/h7-10,14,17,23H,3-6,11-13H2,1-2H3;1H/q+1;/p-1/t17-,19+;/m1./s1. The highest BCUT2D eigenvalue weighted by Gasteiger charge is 2.49. The first-order chi connectivity index (χ1) is 11.3. The van der Waals surface area contributed by atoms with Crippen molar-refractivity contribution in [1.82, 2.24) is 0 Å². The Morgan fingerprint density at radius 2 is 1.80 bits per heavy atom. The number of esters is 1. The Hall–Kier alpha value is -0.620. The van der Waals surface area contributed by atoms with Crippen LogP contribution in [0.4, 0.5) is 0 Å². The molecule has 25 heavy (non-hydrogen) atoms. The number of rotatable bonds is 4. The summed E-state index contributed by atoms with van der Waals surface area (Å²) < 4.78 is 6.62. The third kappa shape index (κ3) is 4.38. The van der Waals surface area contributed by atoms with E-state index in [9.17, 15) is 9.90 Å². The van der Waals surface area contributed by atoms with Crippen LogP contribution >= 0.6 is 11.6 Å². The topological polar surface area (TPSA) is 46.5 Å². The van der Waals surface area contributed by atoms with Crippen LogP contribution in [0.15, 0.2) is 24.3 Å². The lowest BCUT2D eigenvalue weighted by Gasteiger charge is -2.33. The Labute approximate surface area is 165 Å². The normalized spacial score (nSPS) is 25.2. The third-order valence-corrected chi connectivity index (χ3v) is 5.82. The first kappa shape index (κ1) is 20.7. The van der Waals surface area contributed by atoms with Crippen LogP contribution in [-0.4, -0.2) is 48.8 Å². The molecule has 0 aromatic heterocycles. The summed E-state index contributed by atoms with van der Waals surface area (Å²) in [5.41, 5.74) is -0.976. The molecule has 2 fully saturated rings. The Kier molecular flexibility index (Phi) is 6.58. The van der Waals surface area contributed by atoms with E-state index in [1.807, 2.05) is 0 Å². The second-order valence-electron chi connectivity index (χ2n) is 7.91. The number of carbonyl (C=O) groups excluding carboxylic acids is 1. The Bertz CT molecular complexity index is 601. The van der Waals surface area contributed by atoms with Crippen LogP contribution in [0.2, 0.25) is 5.02 Å². The second-order valence-corrected chi connectivity index (χ2v) is 8.35. The Morgan fingerprint density at radius 3 is 2.32 bits per heavy atom. The summed E-state index contributed by atoms with van der Waals surface area (Å²) in [5.74, 6) is -0.585. The number of halogens is 2. The van der Waals surface area contributed by atoms with E-state index in [1.54, 1.807) is 24.3 Å². The molecule has 140 valence electrons. The van der Waals surface area contributed by atoms with E-state index < -0.39 is 11.6 Å². The zero-order valence-corrected chi connectivity index (χ0v) is 17.2. The van der Waals surface area contributed by atoms with E-state index in [0.717, 1.165) is 49.7 Å². The molecule has 4 nitrogen and oxygen atoms in total. The molecule has 6 heteroatoms. The fraction of sp³-hybridized carbons (Fsp3) is 0.632. The van der Waals surface area contributed by atoms with Crippen molar-refractivity contribution in [2.75, 3.05) is 27.2 Å². The van der Waals surface area contributed by atoms with Crippen molar-refractivity contribution in [2.45, 2.75) is 43.8 Å². The van der Waals surface area contributed by atoms with Gasteiger partial charge in [0.15, 0.2) is 11.7 Å². The molecule has 1 saturated heterocycles. The molecule has 1 aromatic carbocycles. The number of likely N-dealkylation sites (tertiary alicyclic amines) is 1. The summed E-state index contributed by atoms with van der Waals surface area (Å²) in [6.45, 7) is 1.79. The molecule has 1 heterocycles. The van der Waals surface area contributed by atoms with Gasteiger partial charge in [0, 0.05) is 17.4 Å². The molecule has 1 aliphatic carbocycles. The van der Waals surface area contributed by atoms with Gasteiger partial charge < -0.3 is 31.3 Å². The van der Waals surface area contributed by atoms with Crippen molar-refractivity contribution in [3.05, 3.63) is 34.9 Å². The van der Waals surface area contributed by atoms with E-state index in [2.05, 4.69) is 14.1 Å². The first-order valence-electron chi connectivity index (χ1n) is 8.83. The van der Waals surface area contributed by atoms with E-state index in [4.69, 9.17) is 16.3 Å². The van der Waals surface area contributed by atoms with Crippen molar-refractivity contribution in [3.63, 3.8) is 0 Å². The first-order valence-corrected chi connectivity index (χ1v) is 9.20. The van der Waals surface area contributed by atoms with Gasteiger partial charge in [0.25, 0.3) is 0 Å². The van der Waals surface area contributed by atoms with Crippen molar-refractivity contribution in [3.8, 4) is 0 Å². The summed E-state index contributed by atoms with van der Waals surface area (Å²) in [6.07, 6.45) is 4.51. The van der Waals surface area contributed by atoms with E-state index in [1.165, 1.54) is 0 Å². The number of ether oxygens (including phenoxy) is 1. The predicted octanol–water partition coefficient (Wildman–Crippen LogP) is 0.114. The number of aliphatic hydroxyl groups is 1. The number of quaternary nitrogens is 1. The number of benzene rings is 1. The lowest BCUT2D eigenvalue weighted by Crippen LogP contribution is -3.00. The van der Waals surface area contributed by atoms with Gasteiger partial charge in [-0.3, -0.25) is 0 Å². The smallest absolute Gasteiger partial charge is 0.343 e. The van der Waals surface area contributed by atoms with E-state index >= 15 is 0 Å². The molecule has 0 bridgehead atoms. The third-order valence-electron chi connectivity index (χ3n) is 5.57. The molecular formula is C19H27BrClNO3. The molecule has 0 unspecified atom stereocenters. The van der Waals surface area contributed by atoms with Gasteiger partial charge in [-0.2, -0.15) is 0 Å². The van der Waals surface area contributed by atoms with Crippen LogP contribution in [0, 0.1) is 5.92 Å². The maximum Gasteiger partial charge on any atom is 0.343 e. The number of nitrogens with zero attached hydrogens (tertiary/aromatic N) is 1. The lowest BCUT2D eigenvalue weighted by molar-refractivity contribution is -0.879. The van der Waals surface area contributed by atoms with Gasteiger partial charge >= 0.3 is 5.97 Å². The fourth-order valence-corrected chi connectivity index (χ4v) is 4.26. The summed E-state index contributed by atoms with van der Waals surface area (Å²) in [7, 11) is 4.27. The minimum absolute atomic E-state index is 0. The fourth-order valence-electron chi connectivity index (χ4n) is 4.13. The molecule has 2 aliphatic rings. The molecule has 1 saturated carbocycles.